The molecule has 1 heterocycles. The van der Waals surface area contributed by atoms with Crippen molar-refractivity contribution in [1.29, 1.82) is 0 Å². The van der Waals surface area contributed by atoms with Crippen molar-refractivity contribution in [3.05, 3.63) is 193 Å². The average molecular weight is 574 g/mol. The van der Waals surface area contributed by atoms with Gasteiger partial charge in [-0.1, -0.05) is 170 Å². The van der Waals surface area contributed by atoms with Crippen molar-refractivity contribution in [2.24, 2.45) is 0 Å². The molecule has 6 aromatic carbocycles. The van der Waals surface area contributed by atoms with E-state index in [1.807, 2.05) is 66.7 Å². The molecule has 208 valence electrons. The number of rotatable bonds is 8. The summed E-state index contributed by atoms with van der Waals surface area (Å²) in [6.07, 6.45) is 0. The van der Waals surface area contributed by atoms with Gasteiger partial charge in [-0.15, -0.1) is 0 Å². The molecule has 1 atom stereocenters. The number of para-hydroxylation sites is 1. The summed E-state index contributed by atoms with van der Waals surface area (Å²) < 4.78 is 18.8. The van der Waals surface area contributed by atoms with Gasteiger partial charge in [0.15, 0.2) is 7.14 Å². The van der Waals surface area contributed by atoms with Crippen LogP contribution in [0, 0.1) is 0 Å². The normalized spacial score (nSPS) is 12.3. The Morgan fingerprint density at radius 1 is 0.512 bits per heavy atom. The van der Waals surface area contributed by atoms with E-state index in [1.165, 1.54) is 5.56 Å². The molecule has 0 fully saturated rings. The Balaban J connectivity index is 1.65. The Morgan fingerprint density at radius 2 is 0.977 bits per heavy atom. The van der Waals surface area contributed by atoms with Gasteiger partial charge in [0.05, 0.1) is 5.66 Å². The van der Waals surface area contributed by atoms with Crippen molar-refractivity contribution in [3.8, 4) is 11.1 Å². The van der Waals surface area contributed by atoms with Gasteiger partial charge in [-0.05, 0) is 22.8 Å². The lowest BCUT2D eigenvalue weighted by Gasteiger charge is -2.32. The lowest BCUT2D eigenvalue weighted by molar-refractivity contribution is 0.580. The van der Waals surface area contributed by atoms with Crippen LogP contribution >= 0.6 is 7.14 Å². The van der Waals surface area contributed by atoms with E-state index in [9.17, 15) is 0 Å². The Hall–Kier alpha value is -4.91. The molecular weight excluding hydrogens is 541 g/mol. The Morgan fingerprint density at radius 3 is 1.56 bits per heavy atom. The highest BCUT2D eigenvalue weighted by Crippen LogP contribution is 2.62. The highest BCUT2D eigenvalue weighted by atomic mass is 31.2. The second-order valence-corrected chi connectivity index (χ2v) is 13.7. The third-order valence-electron chi connectivity index (χ3n) is 8.27. The van der Waals surface area contributed by atoms with E-state index in [2.05, 4.69) is 114 Å². The molecule has 2 nitrogen and oxygen atoms in total. The van der Waals surface area contributed by atoms with Crippen LogP contribution in [0.25, 0.3) is 22.0 Å². The van der Waals surface area contributed by atoms with E-state index in [1.54, 1.807) is 0 Å². The van der Waals surface area contributed by atoms with Gasteiger partial charge in [0.25, 0.3) is 0 Å². The first-order valence-electron chi connectivity index (χ1n) is 14.7. The van der Waals surface area contributed by atoms with E-state index < -0.39 is 12.8 Å². The van der Waals surface area contributed by atoms with Crippen LogP contribution in [0.2, 0.25) is 0 Å². The first-order chi connectivity index (χ1) is 21.2. The zero-order valence-electron chi connectivity index (χ0n) is 23.8. The fourth-order valence-corrected chi connectivity index (χ4v) is 9.70. The molecule has 0 saturated heterocycles. The summed E-state index contributed by atoms with van der Waals surface area (Å²) in [5.41, 5.74) is 6.25. The standard InChI is InChI=1S/C40H32NOP/c42-43(34-24-12-4-13-25-34,35-26-14-5-15-27-35)40(33-22-10-3-11-23-33)39-38(32-20-8-2-9-21-32)36-28-16-17-29-37(36)41(39)30-31-18-6-1-7-19-31/h1-29,40H,30H2. The van der Waals surface area contributed by atoms with Crippen LogP contribution in [0.15, 0.2) is 176 Å². The SMILES string of the molecule is O=P(c1ccccc1)(c1ccccc1)C(c1ccccc1)c1c(-c2ccccc2)c2ccccc2n1Cc1ccccc1. The van der Waals surface area contributed by atoms with E-state index in [-0.39, 0.29) is 0 Å². The summed E-state index contributed by atoms with van der Waals surface area (Å²) in [6.45, 7) is 0.663. The quantitative estimate of drug-likeness (QED) is 0.166. The maximum atomic E-state index is 16.4. The van der Waals surface area contributed by atoms with Gasteiger partial charge in [0, 0.05) is 39.3 Å². The lowest BCUT2D eigenvalue weighted by Crippen LogP contribution is -2.24. The van der Waals surface area contributed by atoms with Crippen molar-refractivity contribution in [2.75, 3.05) is 0 Å². The monoisotopic (exact) mass is 573 g/mol. The summed E-state index contributed by atoms with van der Waals surface area (Å²) in [4.78, 5) is 0. The zero-order valence-corrected chi connectivity index (χ0v) is 24.7. The lowest BCUT2D eigenvalue weighted by atomic mass is 9.98. The fourth-order valence-electron chi connectivity index (χ4n) is 6.37. The molecular formula is C40H32NOP. The zero-order chi connectivity index (χ0) is 29.1. The van der Waals surface area contributed by atoms with E-state index in [0.29, 0.717) is 6.54 Å². The fraction of sp³-hybridized carbons (Fsp3) is 0.0500. The molecule has 0 spiro atoms. The maximum absolute atomic E-state index is 16.4. The van der Waals surface area contributed by atoms with Crippen LogP contribution in [0.1, 0.15) is 22.5 Å². The molecule has 0 aliphatic heterocycles. The average Bonchev–Trinajstić information content (AvgIpc) is 3.40. The molecule has 0 N–H and O–H groups in total. The summed E-state index contributed by atoms with van der Waals surface area (Å²) >= 11 is 0. The molecule has 0 amide bonds. The molecule has 0 aliphatic carbocycles. The highest BCUT2D eigenvalue weighted by Gasteiger charge is 2.42. The number of benzene rings is 6. The molecule has 0 bridgehead atoms. The molecule has 3 heteroatoms. The minimum atomic E-state index is -3.33. The summed E-state index contributed by atoms with van der Waals surface area (Å²) in [5, 5.41) is 2.87. The molecule has 7 aromatic rings. The van der Waals surface area contributed by atoms with E-state index in [4.69, 9.17) is 0 Å². The van der Waals surface area contributed by atoms with Crippen molar-refractivity contribution >= 4 is 28.7 Å². The smallest absolute Gasteiger partial charge is 0.156 e. The van der Waals surface area contributed by atoms with E-state index in [0.717, 1.165) is 43.9 Å². The predicted octanol–water partition coefficient (Wildman–Crippen LogP) is 9.46. The molecule has 0 aliphatic rings. The van der Waals surface area contributed by atoms with Crippen molar-refractivity contribution in [1.82, 2.24) is 4.57 Å². The first-order valence-corrected chi connectivity index (χ1v) is 16.5. The van der Waals surface area contributed by atoms with Crippen molar-refractivity contribution in [3.63, 3.8) is 0 Å². The van der Waals surface area contributed by atoms with Gasteiger partial charge in [-0.25, -0.2) is 0 Å². The van der Waals surface area contributed by atoms with Gasteiger partial charge in [-0.3, -0.25) is 0 Å². The van der Waals surface area contributed by atoms with Gasteiger partial charge < -0.3 is 9.13 Å². The molecule has 7 rings (SSSR count). The Labute approximate surface area is 253 Å². The van der Waals surface area contributed by atoms with Gasteiger partial charge >= 0.3 is 0 Å². The number of aromatic nitrogens is 1. The number of hydrogen-bond acceptors (Lipinski definition) is 1. The number of fused-ring (bicyclic) bond motifs is 1. The van der Waals surface area contributed by atoms with Crippen LogP contribution in [0.3, 0.4) is 0 Å². The first kappa shape index (κ1) is 27.0. The summed E-state index contributed by atoms with van der Waals surface area (Å²) in [5.74, 6) is 0. The molecule has 0 saturated carbocycles. The van der Waals surface area contributed by atoms with Gasteiger partial charge in [-0.2, -0.15) is 0 Å². The molecule has 1 unspecified atom stereocenters. The largest absolute Gasteiger partial charge is 0.338 e. The predicted molar refractivity (Wildman–Crippen MR) is 181 cm³/mol. The van der Waals surface area contributed by atoms with Gasteiger partial charge in [0.2, 0.25) is 0 Å². The van der Waals surface area contributed by atoms with Gasteiger partial charge in [0.1, 0.15) is 0 Å². The molecule has 0 radical (unpaired) electrons. The Bertz CT molecular complexity index is 1960. The van der Waals surface area contributed by atoms with Crippen molar-refractivity contribution < 1.29 is 4.57 Å². The minimum Gasteiger partial charge on any atom is -0.338 e. The van der Waals surface area contributed by atoms with Crippen LogP contribution in [-0.4, -0.2) is 4.57 Å². The minimum absolute atomic E-state index is 0.440. The maximum Gasteiger partial charge on any atom is 0.156 e. The third-order valence-corrected chi connectivity index (χ3v) is 11.7. The van der Waals surface area contributed by atoms with Crippen LogP contribution in [0.4, 0.5) is 0 Å². The molecule has 43 heavy (non-hydrogen) atoms. The topological polar surface area (TPSA) is 22.0 Å². The van der Waals surface area contributed by atoms with Crippen LogP contribution in [0.5, 0.6) is 0 Å². The van der Waals surface area contributed by atoms with Crippen LogP contribution in [-0.2, 0) is 11.1 Å². The highest BCUT2D eigenvalue weighted by molar-refractivity contribution is 7.79. The second kappa shape index (κ2) is 11.8. The summed E-state index contributed by atoms with van der Waals surface area (Å²) in [7, 11) is -3.33. The van der Waals surface area contributed by atoms with E-state index >= 15 is 4.57 Å². The van der Waals surface area contributed by atoms with Crippen LogP contribution < -0.4 is 10.6 Å². The summed E-state index contributed by atoms with van der Waals surface area (Å²) in [6, 6.07) is 60.4. The second-order valence-electron chi connectivity index (χ2n) is 10.9. The van der Waals surface area contributed by atoms with Crippen molar-refractivity contribution in [2.45, 2.75) is 12.2 Å². The number of nitrogens with zero attached hydrogens (tertiary/aromatic N) is 1. The number of hydrogen-bond donors (Lipinski definition) is 0. The molecule has 1 aromatic heterocycles. The third kappa shape index (κ3) is 4.95. The Kier molecular flexibility index (Phi) is 7.37.